The van der Waals surface area contributed by atoms with Gasteiger partial charge < -0.3 is 5.32 Å². The van der Waals surface area contributed by atoms with Gasteiger partial charge in [-0.05, 0) is 30.6 Å². The van der Waals surface area contributed by atoms with Gasteiger partial charge in [0.2, 0.25) is 0 Å². The molecule has 1 heterocycles. The lowest BCUT2D eigenvalue weighted by Gasteiger charge is -2.49. The molecule has 0 amide bonds. The number of rotatable bonds is 3. The summed E-state index contributed by atoms with van der Waals surface area (Å²) >= 11 is 0. The van der Waals surface area contributed by atoms with E-state index in [-0.39, 0.29) is 0 Å². The molecule has 1 aliphatic carbocycles. The lowest BCUT2D eigenvalue weighted by atomic mass is 9.83. The zero-order valence-corrected chi connectivity index (χ0v) is 13.0. The van der Waals surface area contributed by atoms with Crippen molar-refractivity contribution >= 4 is 0 Å². The maximum Gasteiger partial charge on any atom is 0.0247 e. The maximum absolute atomic E-state index is 3.74. The summed E-state index contributed by atoms with van der Waals surface area (Å²) < 4.78 is 0. The lowest BCUT2D eigenvalue weighted by molar-refractivity contribution is 0.0156. The molecule has 1 saturated heterocycles. The van der Waals surface area contributed by atoms with Crippen molar-refractivity contribution in [2.24, 2.45) is 11.3 Å². The van der Waals surface area contributed by atoms with Crippen molar-refractivity contribution in [2.45, 2.75) is 78.4 Å². The van der Waals surface area contributed by atoms with Gasteiger partial charge in [0, 0.05) is 31.2 Å². The van der Waals surface area contributed by atoms with Gasteiger partial charge in [0.25, 0.3) is 0 Å². The van der Waals surface area contributed by atoms with Crippen molar-refractivity contribution in [2.75, 3.05) is 13.1 Å². The summed E-state index contributed by atoms with van der Waals surface area (Å²) in [6.07, 6.45) is 5.49. The summed E-state index contributed by atoms with van der Waals surface area (Å²) in [6.45, 7) is 14.5. The van der Waals surface area contributed by atoms with Crippen molar-refractivity contribution in [3.8, 4) is 0 Å². The highest BCUT2D eigenvalue weighted by atomic mass is 15.3. The van der Waals surface area contributed by atoms with Gasteiger partial charge in [-0.15, -0.1) is 0 Å². The summed E-state index contributed by atoms with van der Waals surface area (Å²) in [5.41, 5.74) is 0.517. The Bertz CT molecular complexity index is 272. The molecule has 0 aromatic rings. The lowest BCUT2D eigenvalue weighted by Crippen LogP contribution is -2.62. The minimum atomic E-state index is 0.517. The number of nitrogens with zero attached hydrogens (tertiary/aromatic N) is 1. The van der Waals surface area contributed by atoms with Crippen LogP contribution in [0, 0.1) is 11.3 Å². The molecule has 2 fully saturated rings. The Morgan fingerprint density at radius 1 is 1.33 bits per heavy atom. The maximum atomic E-state index is 3.74. The largest absolute Gasteiger partial charge is 0.311 e. The minimum Gasteiger partial charge on any atom is -0.311 e. The predicted octanol–water partition coefficient (Wildman–Crippen LogP) is 3.27. The number of hydrogen-bond acceptors (Lipinski definition) is 2. The Kier molecular flexibility index (Phi) is 4.38. The Morgan fingerprint density at radius 3 is 2.56 bits per heavy atom. The van der Waals surface area contributed by atoms with Crippen LogP contribution in [-0.2, 0) is 0 Å². The highest BCUT2D eigenvalue weighted by molar-refractivity contribution is 4.98. The van der Waals surface area contributed by atoms with Crippen LogP contribution < -0.4 is 5.32 Å². The quantitative estimate of drug-likeness (QED) is 0.829. The van der Waals surface area contributed by atoms with Crippen LogP contribution in [-0.4, -0.2) is 36.1 Å². The van der Waals surface area contributed by atoms with E-state index >= 15 is 0 Å². The third-order valence-electron chi connectivity index (χ3n) is 5.34. The molecule has 3 unspecified atom stereocenters. The van der Waals surface area contributed by atoms with E-state index in [0.29, 0.717) is 11.5 Å². The van der Waals surface area contributed by atoms with Crippen LogP contribution in [0.15, 0.2) is 0 Å². The monoisotopic (exact) mass is 252 g/mol. The van der Waals surface area contributed by atoms with Crippen molar-refractivity contribution < 1.29 is 0 Å². The molecular formula is C16H32N2. The van der Waals surface area contributed by atoms with Gasteiger partial charge in [0.05, 0.1) is 0 Å². The summed E-state index contributed by atoms with van der Waals surface area (Å²) in [5.74, 6) is 0.756. The molecule has 2 heteroatoms. The second kappa shape index (κ2) is 5.50. The first-order valence-electron chi connectivity index (χ1n) is 7.95. The summed E-state index contributed by atoms with van der Waals surface area (Å²) in [4.78, 5) is 2.86. The first-order valence-corrected chi connectivity index (χ1v) is 7.95. The molecule has 0 spiro atoms. The molecule has 0 aromatic carbocycles. The summed E-state index contributed by atoms with van der Waals surface area (Å²) in [6, 6.07) is 2.24. The van der Waals surface area contributed by atoms with Crippen LogP contribution in [0.5, 0.6) is 0 Å². The van der Waals surface area contributed by atoms with Gasteiger partial charge in [-0.3, -0.25) is 4.90 Å². The Labute approximate surface area is 114 Å². The zero-order valence-electron chi connectivity index (χ0n) is 13.0. The molecule has 2 nitrogen and oxygen atoms in total. The van der Waals surface area contributed by atoms with Crippen LogP contribution >= 0.6 is 0 Å². The fraction of sp³-hybridized carbons (Fsp3) is 1.00. The van der Waals surface area contributed by atoms with Crippen LogP contribution in [0.2, 0.25) is 0 Å². The summed E-state index contributed by atoms with van der Waals surface area (Å²) in [7, 11) is 0. The van der Waals surface area contributed by atoms with Crippen LogP contribution in [0.1, 0.15) is 60.3 Å². The van der Waals surface area contributed by atoms with Crippen molar-refractivity contribution in [1.82, 2.24) is 10.2 Å². The number of piperazine rings is 1. The highest BCUT2D eigenvalue weighted by Crippen LogP contribution is 2.42. The molecule has 2 rings (SSSR count). The average Bonchev–Trinajstić information content (AvgIpc) is 2.67. The van der Waals surface area contributed by atoms with Gasteiger partial charge in [-0.1, -0.05) is 41.0 Å². The molecule has 0 aromatic heterocycles. The Hall–Kier alpha value is -0.0800. The molecule has 1 N–H and O–H groups in total. The second-order valence-electron chi connectivity index (χ2n) is 7.42. The van der Waals surface area contributed by atoms with E-state index < -0.39 is 0 Å². The van der Waals surface area contributed by atoms with E-state index in [1.165, 1.54) is 38.8 Å². The standard InChI is InChI=1S/C16H32N2/c1-6-13-11-18(14(10-17-13)12(2)3)15-8-7-9-16(15,4)5/h12-15,17H,6-11H2,1-5H3. The molecule has 18 heavy (non-hydrogen) atoms. The van der Waals surface area contributed by atoms with E-state index in [0.717, 1.165) is 18.0 Å². The highest BCUT2D eigenvalue weighted by Gasteiger charge is 2.43. The van der Waals surface area contributed by atoms with Gasteiger partial charge >= 0.3 is 0 Å². The fourth-order valence-corrected chi connectivity index (χ4v) is 4.03. The number of nitrogens with one attached hydrogen (secondary N) is 1. The van der Waals surface area contributed by atoms with E-state index in [2.05, 4.69) is 44.8 Å². The van der Waals surface area contributed by atoms with Crippen molar-refractivity contribution in [3.05, 3.63) is 0 Å². The van der Waals surface area contributed by atoms with E-state index in [4.69, 9.17) is 0 Å². The zero-order chi connectivity index (χ0) is 13.3. The van der Waals surface area contributed by atoms with Crippen molar-refractivity contribution in [3.63, 3.8) is 0 Å². The molecule has 3 atom stereocenters. The molecule has 106 valence electrons. The minimum absolute atomic E-state index is 0.517. The third kappa shape index (κ3) is 2.75. The predicted molar refractivity (Wildman–Crippen MR) is 78.8 cm³/mol. The van der Waals surface area contributed by atoms with Crippen LogP contribution in [0.3, 0.4) is 0 Å². The van der Waals surface area contributed by atoms with Gasteiger partial charge in [0.15, 0.2) is 0 Å². The first-order chi connectivity index (χ1) is 8.45. The fourth-order valence-electron chi connectivity index (χ4n) is 4.03. The molecule has 1 aliphatic heterocycles. The van der Waals surface area contributed by atoms with Gasteiger partial charge in [0.1, 0.15) is 0 Å². The molecule has 1 saturated carbocycles. The average molecular weight is 252 g/mol. The van der Waals surface area contributed by atoms with Crippen LogP contribution in [0.4, 0.5) is 0 Å². The SMILES string of the molecule is CCC1CN(C2CCCC2(C)C)C(C(C)C)CN1. The normalized spacial score (nSPS) is 37.3. The summed E-state index contributed by atoms with van der Waals surface area (Å²) in [5, 5.41) is 3.74. The smallest absolute Gasteiger partial charge is 0.0247 e. The van der Waals surface area contributed by atoms with E-state index in [1.807, 2.05) is 0 Å². The first kappa shape index (κ1) is 14.3. The van der Waals surface area contributed by atoms with Crippen molar-refractivity contribution in [1.29, 1.82) is 0 Å². The number of hydrogen-bond donors (Lipinski definition) is 1. The van der Waals surface area contributed by atoms with Gasteiger partial charge in [-0.25, -0.2) is 0 Å². The topological polar surface area (TPSA) is 15.3 Å². The molecule has 2 aliphatic rings. The molecule has 0 radical (unpaired) electrons. The molecular weight excluding hydrogens is 220 g/mol. The van der Waals surface area contributed by atoms with Gasteiger partial charge in [-0.2, -0.15) is 0 Å². The Balaban J connectivity index is 2.14. The van der Waals surface area contributed by atoms with E-state index in [1.54, 1.807) is 0 Å². The Morgan fingerprint density at radius 2 is 2.06 bits per heavy atom. The van der Waals surface area contributed by atoms with Crippen LogP contribution in [0.25, 0.3) is 0 Å². The third-order valence-corrected chi connectivity index (χ3v) is 5.34. The molecule has 0 bridgehead atoms. The second-order valence-corrected chi connectivity index (χ2v) is 7.42. The van der Waals surface area contributed by atoms with E-state index in [9.17, 15) is 0 Å².